The fourth-order valence-electron chi connectivity index (χ4n) is 2.50. The van der Waals surface area contributed by atoms with Gasteiger partial charge in [0.25, 0.3) is 0 Å². The van der Waals surface area contributed by atoms with Crippen LogP contribution in [0.15, 0.2) is 18.2 Å². The number of hydrogen-bond acceptors (Lipinski definition) is 3. The Labute approximate surface area is 112 Å². The summed E-state index contributed by atoms with van der Waals surface area (Å²) in [6, 6.07) is 4.33. The van der Waals surface area contributed by atoms with Crippen molar-refractivity contribution in [1.82, 2.24) is 0 Å². The van der Waals surface area contributed by atoms with Gasteiger partial charge in [-0.05, 0) is 44.4 Å². The zero-order valence-electron chi connectivity index (χ0n) is 11.1. The fourth-order valence-corrected chi connectivity index (χ4v) is 2.50. The highest BCUT2D eigenvalue weighted by atomic mass is 19.1. The minimum absolute atomic E-state index is 0.134. The number of halogens is 1. The van der Waals surface area contributed by atoms with Gasteiger partial charge in [0, 0.05) is 24.3 Å². The number of rotatable bonds is 2. The number of aliphatic hydroxyl groups is 1. The molecule has 0 saturated carbocycles. The van der Waals surface area contributed by atoms with Crippen LogP contribution in [-0.4, -0.2) is 29.6 Å². The second-order valence-electron chi connectivity index (χ2n) is 5.41. The molecule has 2 rings (SSSR count). The second-order valence-corrected chi connectivity index (χ2v) is 5.41. The number of hydrogen-bond donors (Lipinski definition) is 3. The third-order valence-electron chi connectivity index (χ3n) is 3.65. The molecular weight excluding hydrogens is 245 g/mol. The van der Waals surface area contributed by atoms with Crippen LogP contribution in [0.25, 0.3) is 0 Å². The van der Waals surface area contributed by atoms with E-state index in [0.717, 1.165) is 25.1 Å². The smallest absolute Gasteiger partial charge is 0.125 e. The van der Waals surface area contributed by atoms with Gasteiger partial charge in [0.15, 0.2) is 0 Å². The van der Waals surface area contributed by atoms with Gasteiger partial charge in [-0.25, -0.2) is 4.39 Å². The van der Waals surface area contributed by atoms with E-state index in [4.69, 9.17) is 11.1 Å². The Hall–Kier alpha value is -1.62. The van der Waals surface area contributed by atoms with Gasteiger partial charge in [-0.3, -0.25) is 5.41 Å². The van der Waals surface area contributed by atoms with E-state index in [1.807, 2.05) is 6.92 Å². The van der Waals surface area contributed by atoms with Gasteiger partial charge in [-0.2, -0.15) is 0 Å². The van der Waals surface area contributed by atoms with E-state index in [1.54, 1.807) is 6.07 Å². The van der Waals surface area contributed by atoms with Crippen molar-refractivity contribution in [2.45, 2.75) is 31.8 Å². The molecule has 0 radical (unpaired) electrons. The van der Waals surface area contributed by atoms with Crippen LogP contribution in [0.1, 0.15) is 31.7 Å². The number of anilines is 1. The molecule has 4 N–H and O–H groups in total. The van der Waals surface area contributed by atoms with Gasteiger partial charge < -0.3 is 15.7 Å². The van der Waals surface area contributed by atoms with Crippen LogP contribution in [0.3, 0.4) is 0 Å². The van der Waals surface area contributed by atoms with Gasteiger partial charge >= 0.3 is 0 Å². The van der Waals surface area contributed by atoms with E-state index in [1.165, 1.54) is 12.1 Å². The van der Waals surface area contributed by atoms with Crippen LogP contribution in [0.4, 0.5) is 10.1 Å². The SMILES string of the molecule is CC1(O)CCCN(c2ccc(F)cc2C(=N)N)CC1. The van der Waals surface area contributed by atoms with E-state index in [2.05, 4.69) is 4.90 Å². The topological polar surface area (TPSA) is 73.3 Å². The molecule has 1 unspecified atom stereocenters. The van der Waals surface area contributed by atoms with Gasteiger partial charge in [-0.1, -0.05) is 0 Å². The van der Waals surface area contributed by atoms with E-state index < -0.39 is 11.4 Å². The first-order chi connectivity index (χ1) is 8.89. The Balaban J connectivity index is 2.29. The lowest BCUT2D eigenvalue weighted by Gasteiger charge is -2.26. The maximum atomic E-state index is 13.3. The summed E-state index contributed by atoms with van der Waals surface area (Å²) in [5.74, 6) is -0.527. The first-order valence-corrected chi connectivity index (χ1v) is 6.50. The maximum absolute atomic E-state index is 13.3. The van der Waals surface area contributed by atoms with Crippen molar-refractivity contribution in [2.75, 3.05) is 18.0 Å². The number of nitrogens with zero attached hydrogens (tertiary/aromatic N) is 1. The van der Waals surface area contributed by atoms with Gasteiger partial charge in [0.2, 0.25) is 0 Å². The molecule has 1 aliphatic rings. The Morgan fingerprint density at radius 2 is 2.16 bits per heavy atom. The molecule has 1 aromatic carbocycles. The summed E-state index contributed by atoms with van der Waals surface area (Å²) in [5, 5.41) is 17.6. The molecule has 19 heavy (non-hydrogen) atoms. The van der Waals surface area contributed by atoms with Crippen molar-refractivity contribution in [3.63, 3.8) is 0 Å². The normalized spacial score (nSPS) is 24.1. The summed E-state index contributed by atoms with van der Waals surface area (Å²) in [5.41, 5.74) is 6.06. The van der Waals surface area contributed by atoms with Crippen LogP contribution in [0.5, 0.6) is 0 Å². The lowest BCUT2D eigenvalue weighted by Crippen LogP contribution is -2.30. The van der Waals surface area contributed by atoms with Crippen LogP contribution in [0, 0.1) is 11.2 Å². The van der Waals surface area contributed by atoms with E-state index in [0.29, 0.717) is 18.5 Å². The average molecular weight is 265 g/mol. The summed E-state index contributed by atoms with van der Waals surface area (Å²) in [6.45, 7) is 3.30. The molecular formula is C14H20FN3O. The van der Waals surface area contributed by atoms with Crippen molar-refractivity contribution in [3.8, 4) is 0 Å². The third kappa shape index (κ3) is 3.23. The van der Waals surface area contributed by atoms with Crippen LogP contribution < -0.4 is 10.6 Å². The maximum Gasteiger partial charge on any atom is 0.125 e. The van der Waals surface area contributed by atoms with Crippen molar-refractivity contribution >= 4 is 11.5 Å². The minimum atomic E-state index is -0.648. The fraction of sp³-hybridized carbons (Fsp3) is 0.500. The van der Waals surface area contributed by atoms with Gasteiger partial charge in [0.05, 0.1) is 5.60 Å². The monoisotopic (exact) mass is 265 g/mol. The summed E-state index contributed by atoms with van der Waals surface area (Å²) in [7, 11) is 0. The molecule has 1 aromatic rings. The van der Waals surface area contributed by atoms with Crippen molar-refractivity contribution in [1.29, 1.82) is 5.41 Å². The molecule has 1 atom stereocenters. The van der Waals surface area contributed by atoms with Crippen molar-refractivity contribution < 1.29 is 9.50 Å². The minimum Gasteiger partial charge on any atom is -0.390 e. The molecule has 0 aliphatic carbocycles. The Kier molecular flexibility index (Phi) is 3.75. The highest BCUT2D eigenvalue weighted by Gasteiger charge is 2.26. The summed E-state index contributed by atoms with van der Waals surface area (Å²) in [4.78, 5) is 2.07. The van der Waals surface area contributed by atoms with Crippen LogP contribution >= 0.6 is 0 Å². The summed E-state index contributed by atoms with van der Waals surface area (Å²) >= 11 is 0. The Bertz CT molecular complexity index is 488. The van der Waals surface area contributed by atoms with Crippen molar-refractivity contribution in [3.05, 3.63) is 29.6 Å². The number of nitrogens with two attached hydrogens (primary N) is 1. The molecule has 0 spiro atoms. The van der Waals surface area contributed by atoms with Gasteiger partial charge in [-0.15, -0.1) is 0 Å². The largest absolute Gasteiger partial charge is 0.390 e. The molecule has 0 aromatic heterocycles. The highest BCUT2D eigenvalue weighted by Crippen LogP contribution is 2.27. The standard InChI is InChI=1S/C14H20FN3O/c1-14(19)5-2-7-18(8-6-14)12-4-3-10(15)9-11(12)13(16)17/h3-4,9,19H,2,5-8H2,1H3,(H3,16,17). The number of amidine groups is 1. The predicted octanol–water partition coefficient (Wildman–Crippen LogP) is 1.85. The van der Waals surface area contributed by atoms with E-state index in [9.17, 15) is 9.50 Å². The molecule has 1 saturated heterocycles. The summed E-state index contributed by atoms with van der Waals surface area (Å²) in [6.07, 6.45) is 2.27. The quantitative estimate of drug-likeness (QED) is 0.564. The third-order valence-corrected chi connectivity index (χ3v) is 3.65. The zero-order valence-corrected chi connectivity index (χ0v) is 11.1. The number of nitrogen functional groups attached to an aromatic ring is 1. The molecule has 0 amide bonds. The summed E-state index contributed by atoms with van der Waals surface area (Å²) < 4.78 is 13.3. The molecule has 1 heterocycles. The molecule has 4 nitrogen and oxygen atoms in total. The lowest BCUT2D eigenvalue weighted by molar-refractivity contribution is 0.0481. The van der Waals surface area contributed by atoms with Crippen LogP contribution in [-0.2, 0) is 0 Å². The zero-order chi connectivity index (χ0) is 14.0. The highest BCUT2D eigenvalue weighted by molar-refractivity contribution is 6.00. The first-order valence-electron chi connectivity index (χ1n) is 6.50. The first kappa shape index (κ1) is 13.8. The van der Waals surface area contributed by atoms with E-state index >= 15 is 0 Å². The van der Waals surface area contributed by atoms with Crippen LogP contribution in [0.2, 0.25) is 0 Å². The number of nitrogens with one attached hydrogen (secondary N) is 1. The molecule has 104 valence electrons. The predicted molar refractivity (Wildman–Crippen MR) is 74.1 cm³/mol. The Morgan fingerprint density at radius 1 is 1.42 bits per heavy atom. The average Bonchev–Trinajstić information content (AvgIpc) is 2.50. The lowest BCUT2D eigenvalue weighted by atomic mass is 9.98. The Morgan fingerprint density at radius 3 is 2.84 bits per heavy atom. The van der Waals surface area contributed by atoms with Crippen molar-refractivity contribution in [2.24, 2.45) is 5.73 Å². The van der Waals surface area contributed by atoms with Gasteiger partial charge in [0.1, 0.15) is 11.7 Å². The molecule has 5 heteroatoms. The molecule has 1 aliphatic heterocycles. The molecule has 0 bridgehead atoms. The van der Waals surface area contributed by atoms with E-state index in [-0.39, 0.29) is 5.84 Å². The number of benzene rings is 1. The molecule has 1 fully saturated rings. The second kappa shape index (κ2) is 5.17.